The summed E-state index contributed by atoms with van der Waals surface area (Å²) in [6, 6.07) is 7.61. The molecule has 1 saturated carbocycles. The van der Waals surface area contributed by atoms with Gasteiger partial charge in [0.25, 0.3) is 0 Å². The van der Waals surface area contributed by atoms with Gasteiger partial charge >= 0.3 is 0 Å². The molecule has 0 spiro atoms. The number of aromatic nitrogens is 2. The molecular formula is C19H22N4O3S. The highest BCUT2D eigenvalue weighted by Gasteiger charge is 2.35. The molecule has 1 unspecified atom stereocenters. The first-order chi connectivity index (χ1) is 13.1. The molecule has 2 heterocycles. The third-order valence-electron chi connectivity index (χ3n) is 5.26. The van der Waals surface area contributed by atoms with Crippen molar-refractivity contribution in [1.29, 1.82) is 0 Å². The van der Waals surface area contributed by atoms with Crippen molar-refractivity contribution >= 4 is 28.3 Å². The molecule has 7 nitrogen and oxygen atoms in total. The summed E-state index contributed by atoms with van der Waals surface area (Å²) in [5.41, 5.74) is 0.934. The minimum absolute atomic E-state index is 0.0199. The maximum Gasteiger partial charge on any atom is 0.231 e. The molecule has 1 aromatic carbocycles. The summed E-state index contributed by atoms with van der Waals surface area (Å²) in [5.74, 6) is 0.687. The molecule has 2 amide bonds. The second-order valence-electron chi connectivity index (χ2n) is 7.05. The van der Waals surface area contributed by atoms with Crippen molar-refractivity contribution in [2.75, 3.05) is 19.0 Å². The molecular weight excluding hydrogens is 364 g/mol. The number of hydrogen-bond acceptors (Lipinski definition) is 6. The first kappa shape index (κ1) is 17.9. The molecule has 27 heavy (non-hydrogen) atoms. The van der Waals surface area contributed by atoms with E-state index in [1.807, 2.05) is 24.3 Å². The quantitative estimate of drug-likeness (QED) is 0.825. The van der Waals surface area contributed by atoms with Crippen molar-refractivity contribution in [3.8, 4) is 5.75 Å². The highest BCUT2D eigenvalue weighted by atomic mass is 32.1. The van der Waals surface area contributed by atoms with Crippen LogP contribution in [0.3, 0.4) is 0 Å². The molecule has 1 aliphatic heterocycles. The predicted octanol–water partition coefficient (Wildman–Crippen LogP) is 2.80. The van der Waals surface area contributed by atoms with Crippen molar-refractivity contribution in [3.63, 3.8) is 0 Å². The lowest BCUT2D eigenvalue weighted by Crippen LogP contribution is -2.28. The molecule has 4 rings (SSSR count). The number of anilines is 1. The number of carbonyl (C=O) groups excluding carboxylic acids is 2. The lowest BCUT2D eigenvalue weighted by atomic mass is 9.86. The minimum Gasteiger partial charge on any atom is -0.496 e. The van der Waals surface area contributed by atoms with Crippen LogP contribution in [-0.4, -0.2) is 40.6 Å². The fourth-order valence-electron chi connectivity index (χ4n) is 3.45. The number of nitrogens with zero attached hydrogens (tertiary/aromatic N) is 3. The summed E-state index contributed by atoms with van der Waals surface area (Å²) >= 11 is 1.44. The van der Waals surface area contributed by atoms with Crippen LogP contribution >= 0.6 is 11.3 Å². The van der Waals surface area contributed by atoms with Crippen molar-refractivity contribution in [3.05, 3.63) is 34.8 Å². The topological polar surface area (TPSA) is 84.4 Å². The number of amides is 2. The zero-order valence-electron chi connectivity index (χ0n) is 15.2. The minimum atomic E-state index is -0.372. The Hall–Kier alpha value is -2.48. The van der Waals surface area contributed by atoms with Gasteiger partial charge < -0.3 is 15.0 Å². The monoisotopic (exact) mass is 386 g/mol. The van der Waals surface area contributed by atoms with E-state index >= 15 is 0 Å². The number of methoxy groups -OCH3 is 1. The summed E-state index contributed by atoms with van der Waals surface area (Å²) < 4.78 is 5.35. The zero-order chi connectivity index (χ0) is 18.8. The Morgan fingerprint density at radius 2 is 2.15 bits per heavy atom. The molecule has 1 aliphatic carbocycles. The van der Waals surface area contributed by atoms with Crippen LogP contribution in [0.5, 0.6) is 5.75 Å². The highest BCUT2D eigenvalue weighted by molar-refractivity contribution is 7.15. The van der Waals surface area contributed by atoms with Gasteiger partial charge in [0.05, 0.1) is 13.0 Å². The van der Waals surface area contributed by atoms with Crippen LogP contribution in [0.25, 0.3) is 0 Å². The Kier molecular flexibility index (Phi) is 5.07. The Balaban J connectivity index is 1.36. The van der Waals surface area contributed by atoms with Gasteiger partial charge in [0.2, 0.25) is 16.9 Å². The van der Waals surface area contributed by atoms with Crippen LogP contribution in [0.4, 0.5) is 5.13 Å². The molecule has 0 bridgehead atoms. The van der Waals surface area contributed by atoms with Crippen LogP contribution in [0.15, 0.2) is 24.3 Å². The van der Waals surface area contributed by atoms with Crippen molar-refractivity contribution in [1.82, 2.24) is 15.1 Å². The maximum absolute atomic E-state index is 12.6. The van der Waals surface area contributed by atoms with E-state index in [1.165, 1.54) is 17.8 Å². The zero-order valence-corrected chi connectivity index (χ0v) is 16.0. The molecule has 142 valence electrons. The van der Waals surface area contributed by atoms with Crippen LogP contribution in [0.1, 0.15) is 42.2 Å². The number of nitrogens with one attached hydrogen (secondary N) is 1. The van der Waals surface area contributed by atoms with E-state index in [9.17, 15) is 9.59 Å². The van der Waals surface area contributed by atoms with Gasteiger partial charge in [-0.2, -0.15) is 0 Å². The molecule has 1 aromatic heterocycles. The van der Waals surface area contributed by atoms with E-state index in [0.29, 0.717) is 24.1 Å². The van der Waals surface area contributed by atoms with Gasteiger partial charge in [-0.3, -0.25) is 9.59 Å². The van der Waals surface area contributed by atoms with E-state index in [1.54, 1.807) is 12.0 Å². The SMILES string of the molecule is COc1ccccc1CN1CC(C(=O)Nc2nnc(C3CCC3)s2)CC1=O. The normalized spacial score (nSPS) is 19.8. The largest absolute Gasteiger partial charge is 0.496 e. The van der Waals surface area contributed by atoms with Gasteiger partial charge in [0, 0.05) is 31.0 Å². The standard InChI is InChI=1S/C19H22N4O3S/c1-26-15-8-3-2-5-13(15)10-23-11-14(9-16(23)24)17(25)20-19-22-21-18(27-19)12-6-4-7-12/h2-3,5,8,12,14H,4,6-7,9-11H2,1H3,(H,20,22,25). The summed E-state index contributed by atoms with van der Waals surface area (Å²) in [6.45, 7) is 0.842. The third kappa shape index (κ3) is 3.80. The van der Waals surface area contributed by atoms with Crippen LogP contribution < -0.4 is 10.1 Å². The fraction of sp³-hybridized carbons (Fsp3) is 0.474. The Morgan fingerprint density at radius 1 is 1.33 bits per heavy atom. The van der Waals surface area contributed by atoms with E-state index in [-0.39, 0.29) is 24.2 Å². The van der Waals surface area contributed by atoms with E-state index < -0.39 is 0 Å². The summed E-state index contributed by atoms with van der Waals surface area (Å²) in [6.07, 6.45) is 3.75. The lowest BCUT2D eigenvalue weighted by Gasteiger charge is -2.21. The Labute approximate surface area is 161 Å². The molecule has 2 aromatic rings. The molecule has 8 heteroatoms. The molecule has 1 saturated heterocycles. The predicted molar refractivity (Wildman–Crippen MR) is 102 cm³/mol. The van der Waals surface area contributed by atoms with Gasteiger partial charge in [-0.1, -0.05) is 36.0 Å². The lowest BCUT2D eigenvalue weighted by molar-refractivity contribution is -0.128. The fourth-order valence-corrected chi connectivity index (χ4v) is 4.37. The average Bonchev–Trinajstić information content (AvgIpc) is 3.21. The first-order valence-corrected chi connectivity index (χ1v) is 9.99. The molecule has 0 radical (unpaired) electrons. The Morgan fingerprint density at radius 3 is 2.89 bits per heavy atom. The van der Waals surface area contributed by atoms with Crippen LogP contribution in [0, 0.1) is 5.92 Å². The number of likely N-dealkylation sites (tertiary alicyclic amines) is 1. The molecule has 2 aliphatic rings. The van der Waals surface area contributed by atoms with E-state index in [4.69, 9.17) is 4.74 Å². The number of ether oxygens (including phenoxy) is 1. The second kappa shape index (κ2) is 7.64. The van der Waals surface area contributed by atoms with Crippen molar-refractivity contribution in [2.24, 2.45) is 5.92 Å². The smallest absolute Gasteiger partial charge is 0.231 e. The summed E-state index contributed by atoms with van der Waals surface area (Å²) in [4.78, 5) is 26.6. The van der Waals surface area contributed by atoms with Gasteiger partial charge in [-0.05, 0) is 18.9 Å². The molecule has 1 atom stereocenters. The number of rotatable bonds is 6. The maximum atomic E-state index is 12.6. The van der Waals surface area contributed by atoms with Crippen molar-refractivity contribution in [2.45, 2.75) is 38.1 Å². The van der Waals surface area contributed by atoms with Gasteiger partial charge in [-0.15, -0.1) is 10.2 Å². The van der Waals surface area contributed by atoms with Crippen molar-refractivity contribution < 1.29 is 14.3 Å². The van der Waals surface area contributed by atoms with Crippen LogP contribution in [-0.2, 0) is 16.1 Å². The highest BCUT2D eigenvalue weighted by Crippen LogP contribution is 2.38. The van der Waals surface area contributed by atoms with E-state index in [2.05, 4.69) is 15.5 Å². The summed E-state index contributed by atoms with van der Waals surface area (Å²) in [7, 11) is 1.61. The van der Waals surface area contributed by atoms with Gasteiger partial charge in [-0.25, -0.2) is 0 Å². The van der Waals surface area contributed by atoms with Gasteiger partial charge in [0.15, 0.2) is 0 Å². The van der Waals surface area contributed by atoms with Gasteiger partial charge in [0.1, 0.15) is 10.8 Å². The third-order valence-corrected chi connectivity index (χ3v) is 6.27. The Bertz CT molecular complexity index is 849. The number of carbonyl (C=O) groups is 2. The number of benzene rings is 1. The first-order valence-electron chi connectivity index (χ1n) is 9.18. The van der Waals surface area contributed by atoms with Crippen LogP contribution in [0.2, 0.25) is 0 Å². The molecule has 1 N–H and O–H groups in total. The number of para-hydroxylation sites is 1. The summed E-state index contributed by atoms with van der Waals surface area (Å²) in [5, 5.41) is 12.6. The second-order valence-corrected chi connectivity index (χ2v) is 8.06. The number of hydrogen-bond donors (Lipinski definition) is 1. The molecule has 2 fully saturated rings. The average molecular weight is 386 g/mol. The van der Waals surface area contributed by atoms with E-state index in [0.717, 1.165) is 29.2 Å².